The third-order valence-corrected chi connectivity index (χ3v) is 13.3. The summed E-state index contributed by atoms with van der Waals surface area (Å²) in [6.07, 6.45) is 51.9. The summed E-state index contributed by atoms with van der Waals surface area (Å²) in [5.74, 6) is 17.0. The predicted octanol–water partition coefficient (Wildman–Crippen LogP) is 19.6. The number of benzene rings is 2. The molecule has 1 N–H and O–H groups in total. The van der Waals surface area contributed by atoms with E-state index in [-0.39, 0.29) is 0 Å². The Hall–Kier alpha value is -3.05. The van der Waals surface area contributed by atoms with Gasteiger partial charge in [-0.1, -0.05) is 263 Å². The van der Waals surface area contributed by atoms with E-state index in [0.29, 0.717) is 0 Å². The summed E-state index contributed by atoms with van der Waals surface area (Å²) in [6, 6.07) is 18.0. The molecule has 2 heteroatoms. The molecule has 0 amide bonds. The molecule has 0 radical (unpaired) electrons. The van der Waals surface area contributed by atoms with Crippen LogP contribution < -0.4 is 0 Å². The van der Waals surface area contributed by atoms with E-state index >= 15 is 0 Å². The van der Waals surface area contributed by atoms with Crippen molar-refractivity contribution >= 4 is 11.4 Å². The number of hydrogen-bond donors (Lipinski definition) is 0. The molecule has 0 aromatic heterocycles. The third-order valence-electron chi connectivity index (χ3n) is 13.3. The maximum atomic E-state index is 9.68. The van der Waals surface area contributed by atoms with E-state index in [2.05, 4.69) is 94.1 Å². The largest absolute Gasteiger partial charge is 0.448 e. The lowest BCUT2D eigenvalue weighted by Gasteiger charge is -2.10. The molecule has 0 bridgehead atoms. The van der Waals surface area contributed by atoms with E-state index in [4.69, 9.17) is 0 Å². The minimum Gasteiger partial charge on any atom is -0.448 e. The number of nitrogens with zero attached hydrogens (tertiary/aromatic N) is 1. The van der Waals surface area contributed by atoms with Crippen LogP contribution in [0.1, 0.15) is 275 Å². The maximum Gasteiger partial charge on any atom is 0.225 e. The van der Waals surface area contributed by atoms with Crippen LogP contribution in [0.15, 0.2) is 65.8 Å². The molecule has 0 unspecified atom stereocenters. The first-order valence-corrected chi connectivity index (χ1v) is 27.1. The van der Waals surface area contributed by atoms with E-state index in [1.54, 1.807) is 4.68 Å². The van der Waals surface area contributed by atoms with E-state index in [9.17, 15) is 5.84 Å². The molecule has 2 aromatic carbocycles. The van der Waals surface area contributed by atoms with Crippen LogP contribution in [0.4, 0.5) is 0 Å². The lowest BCUT2D eigenvalue weighted by molar-refractivity contribution is -0.347. The highest BCUT2D eigenvalue weighted by Gasteiger charge is 2.35. The quantitative estimate of drug-likeness (QED) is 0.0366. The van der Waals surface area contributed by atoms with Gasteiger partial charge in [0.2, 0.25) is 11.4 Å². The van der Waals surface area contributed by atoms with Crippen molar-refractivity contribution in [2.24, 2.45) is 0 Å². The fraction of sp³-hybridized carbons (Fsp3) is 0.683. The minimum absolute atomic E-state index is 0.925. The first kappa shape index (κ1) is 53.3. The third kappa shape index (κ3) is 22.5. The molecule has 0 spiro atoms. The van der Waals surface area contributed by atoms with Crippen molar-refractivity contribution in [3.63, 3.8) is 0 Å². The van der Waals surface area contributed by atoms with Crippen LogP contribution in [0.3, 0.4) is 0 Å². The fourth-order valence-corrected chi connectivity index (χ4v) is 9.35. The fourth-order valence-electron chi connectivity index (χ4n) is 9.35. The van der Waals surface area contributed by atoms with Crippen molar-refractivity contribution in [3.8, 4) is 11.8 Å². The summed E-state index contributed by atoms with van der Waals surface area (Å²) in [4.78, 5) is 0. The molecule has 1 aliphatic rings. The average Bonchev–Trinajstić information content (AvgIpc) is 3.56. The second-order valence-electron chi connectivity index (χ2n) is 19.0. The summed E-state index contributed by atoms with van der Waals surface area (Å²) in [5, 5.41) is 0. The summed E-state index contributed by atoms with van der Waals surface area (Å²) >= 11 is 0. The zero-order valence-corrected chi connectivity index (χ0v) is 41.3. The van der Waals surface area contributed by atoms with Crippen LogP contribution >= 0.6 is 0 Å². The number of aryl methyl sites for hydroxylation is 2. The normalized spacial score (nSPS) is 13.5. The zero-order valence-electron chi connectivity index (χ0n) is 41.3. The van der Waals surface area contributed by atoms with Crippen LogP contribution in [0.25, 0.3) is 11.5 Å². The Kier molecular flexibility index (Phi) is 31.2. The Morgan fingerprint density at radius 1 is 0.452 bits per heavy atom. The SMILES string of the molecule is CCCC=C1C(C#CCCCCCCCCCCCCCCCCCCCCCCCCCCCC)=C(c2cccc(CCCCC)c2)[N+]([NH-])=C1c1cccc(CCCCC)c1. The van der Waals surface area contributed by atoms with Crippen LogP contribution in [-0.2, 0) is 12.8 Å². The Labute approximate surface area is 385 Å². The summed E-state index contributed by atoms with van der Waals surface area (Å²) < 4.78 is 1.73. The number of rotatable bonds is 38. The number of unbranched alkanes of at least 4 members (excludes halogenated alkanes) is 31. The highest BCUT2D eigenvalue weighted by atomic mass is 15.3. The number of hydrogen-bond acceptors (Lipinski definition) is 0. The molecule has 62 heavy (non-hydrogen) atoms. The Bertz CT molecular complexity index is 1590. The van der Waals surface area contributed by atoms with Crippen molar-refractivity contribution in [3.05, 3.63) is 93.8 Å². The highest BCUT2D eigenvalue weighted by molar-refractivity contribution is 6.17. The van der Waals surface area contributed by atoms with Gasteiger partial charge < -0.3 is 5.84 Å². The molecular formula is C60H96N2. The van der Waals surface area contributed by atoms with Crippen LogP contribution in [0.5, 0.6) is 0 Å². The van der Waals surface area contributed by atoms with Gasteiger partial charge in [0.15, 0.2) is 0 Å². The first-order chi connectivity index (χ1) is 30.6. The van der Waals surface area contributed by atoms with Gasteiger partial charge in [-0.05, 0) is 73.9 Å². The van der Waals surface area contributed by atoms with Crippen molar-refractivity contribution in [1.82, 2.24) is 0 Å². The molecule has 0 aliphatic carbocycles. The van der Waals surface area contributed by atoms with Crippen molar-refractivity contribution in [2.45, 2.75) is 265 Å². The molecular weight excluding hydrogens is 749 g/mol. The predicted molar refractivity (Wildman–Crippen MR) is 276 cm³/mol. The highest BCUT2D eigenvalue weighted by Crippen LogP contribution is 2.36. The maximum absolute atomic E-state index is 9.68. The van der Waals surface area contributed by atoms with Crippen LogP contribution in [-0.4, -0.2) is 10.4 Å². The van der Waals surface area contributed by atoms with Crippen molar-refractivity contribution in [2.75, 3.05) is 0 Å². The number of allylic oxidation sites excluding steroid dienone is 3. The summed E-state index contributed by atoms with van der Waals surface area (Å²) in [6.45, 7) is 9.10. The molecule has 2 nitrogen and oxygen atoms in total. The smallest absolute Gasteiger partial charge is 0.225 e. The average molecular weight is 845 g/mol. The van der Waals surface area contributed by atoms with Crippen LogP contribution in [0, 0.1) is 11.8 Å². The van der Waals surface area contributed by atoms with Gasteiger partial charge in [-0.25, -0.2) is 4.68 Å². The zero-order chi connectivity index (χ0) is 44.1. The molecule has 3 rings (SSSR count). The Morgan fingerprint density at radius 2 is 0.839 bits per heavy atom. The Morgan fingerprint density at radius 3 is 1.27 bits per heavy atom. The van der Waals surface area contributed by atoms with Gasteiger partial charge >= 0.3 is 0 Å². The van der Waals surface area contributed by atoms with Crippen molar-refractivity contribution in [1.29, 1.82) is 0 Å². The Balaban J connectivity index is 1.38. The van der Waals surface area contributed by atoms with Gasteiger partial charge in [0.25, 0.3) is 0 Å². The lowest BCUT2D eigenvalue weighted by Crippen LogP contribution is -2.12. The van der Waals surface area contributed by atoms with Gasteiger partial charge in [0.1, 0.15) is 5.57 Å². The van der Waals surface area contributed by atoms with Gasteiger partial charge in [0.05, 0.1) is 5.57 Å². The molecule has 0 saturated heterocycles. The first-order valence-electron chi connectivity index (χ1n) is 27.1. The molecule has 346 valence electrons. The molecule has 0 fully saturated rings. The van der Waals surface area contributed by atoms with E-state index in [0.717, 1.165) is 72.2 Å². The monoisotopic (exact) mass is 845 g/mol. The van der Waals surface area contributed by atoms with Crippen LogP contribution in [0.2, 0.25) is 0 Å². The van der Waals surface area contributed by atoms with Gasteiger partial charge in [0, 0.05) is 17.5 Å². The second kappa shape index (κ2) is 36.3. The molecule has 2 aromatic rings. The second-order valence-corrected chi connectivity index (χ2v) is 19.0. The van der Waals surface area contributed by atoms with Gasteiger partial charge in [-0.3, -0.25) is 0 Å². The molecule has 0 atom stereocenters. The van der Waals surface area contributed by atoms with Gasteiger partial charge in [-0.15, -0.1) is 0 Å². The van der Waals surface area contributed by atoms with E-state index < -0.39 is 0 Å². The van der Waals surface area contributed by atoms with Gasteiger partial charge in [-0.2, -0.15) is 0 Å². The minimum atomic E-state index is 0.925. The standard InChI is InChI=1S/C60H96N2/c1-5-9-13-14-15-16-17-18-19-20-21-22-23-24-25-26-27-28-29-30-31-32-33-34-35-36-37-40-50-58-57(49-12-8-4)59(55-47-41-45-53(51-55)43-38-10-6-2)62(61)60(58)56-48-42-46-54(52-56)44-39-11-7-3/h41-42,45-49,51-52,61H,5-39,43-44H2,1-4H3. The van der Waals surface area contributed by atoms with E-state index in [1.807, 2.05) is 0 Å². The molecule has 1 aliphatic heterocycles. The molecule has 0 saturated carbocycles. The lowest BCUT2D eigenvalue weighted by atomic mass is 9.93. The molecule has 1 heterocycles. The van der Waals surface area contributed by atoms with Crippen molar-refractivity contribution < 1.29 is 4.68 Å². The topological polar surface area (TPSA) is 26.8 Å². The summed E-state index contributed by atoms with van der Waals surface area (Å²) in [7, 11) is 0. The summed E-state index contributed by atoms with van der Waals surface area (Å²) in [5.41, 5.74) is 9.12. The number of nitrogens with one attached hydrogen (secondary N) is 1. The van der Waals surface area contributed by atoms with E-state index in [1.165, 1.54) is 210 Å².